The number of hydrogen-bond acceptors (Lipinski definition) is 3. The topological polar surface area (TPSA) is 9.72 Å². The van der Waals surface area contributed by atoms with Crippen LogP contribution in [0.2, 0.25) is 13.1 Å². The second-order valence-corrected chi connectivity index (χ2v) is 26.7. The highest BCUT2D eigenvalue weighted by Gasteiger charge is 2.50. The van der Waals surface area contributed by atoms with Crippen LogP contribution >= 0.6 is 0 Å². The smallest absolute Gasteiger partial charge is 0.252 e. The number of rotatable bonds is 5. The summed E-state index contributed by atoms with van der Waals surface area (Å²) in [6, 6.07) is 83.2. The Balaban J connectivity index is 1.12. The maximum absolute atomic E-state index is 2.65. The molecule has 0 unspecified atom stereocenters. The fourth-order valence-corrected chi connectivity index (χ4v) is 17.4. The van der Waals surface area contributed by atoms with Crippen LogP contribution in [-0.2, 0) is 10.8 Å². The van der Waals surface area contributed by atoms with Gasteiger partial charge in [-0.15, -0.1) is 0 Å². The lowest BCUT2D eigenvalue weighted by atomic mass is 9.33. The van der Waals surface area contributed by atoms with Gasteiger partial charge in [0.1, 0.15) is 8.07 Å². The van der Waals surface area contributed by atoms with Crippen molar-refractivity contribution in [3.63, 3.8) is 0 Å². The van der Waals surface area contributed by atoms with Gasteiger partial charge in [-0.25, -0.2) is 0 Å². The third-order valence-electron chi connectivity index (χ3n) is 17.6. The normalized spacial score (nSPS) is 15.8. The molecule has 5 aliphatic rings. The van der Waals surface area contributed by atoms with Crippen LogP contribution in [0.3, 0.4) is 0 Å². The molecule has 0 amide bonds. The van der Waals surface area contributed by atoms with Crippen molar-refractivity contribution >= 4 is 92.7 Å². The molecular formula is C68H54BN3Si. The van der Waals surface area contributed by atoms with Gasteiger partial charge in [0.05, 0.1) is 11.4 Å². The van der Waals surface area contributed by atoms with Crippen LogP contribution < -0.4 is 41.5 Å². The molecule has 5 heteroatoms. The van der Waals surface area contributed by atoms with Gasteiger partial charge >= 0.3 is 0 Å². The molecule has 348 valence electrons. The van der Waals surface area contributed by atoms with Crippen molar-refractivity contribution in [2.75, 3.05) is 14.7 Å². The van der Waals surface area contributed by atoms with Crippen LogP contribution in [0.5, 0.6) is 0 Å². The zero-order valence-electron chi connectivity index (χ0n) is 42.2. The third-order valence-corrected chi connectivity index (χ3v) is 21.1. The van der Waals surface area contributed by atoms with E-state index < -0.39 is 8.07 Å². The lowest BCUT2D eigenvalue weighted by Gasteiger charge is -2.46. The lowest BCUT2D eigenvalue weighted by Crippen LogP contribution is -2.61. The van der Waals surface area contributed by atoms with Gasteiger partial charge in [-0.1, -0.05) is 205 Å². The minimum atomic E-state index is -2.04. The molecule has 3 aliphatic heterocycles. The van der Waals surface area contributed by atoms with Crippen molar-refractivity contribution in [2.45, 2.75) is 51.6 Å². The average Bonchev–Trinajstić information content (AvgIpc) is 3.92. The molecular weight excluding hydrogens is 898 g/mol. The van der Waals surface area contributed by atoms with Gasteiger partial charge in [0.15, 0.2) is 0 Å². The van der Waals surface area contributed by atoms with Crippen LogP contribution in [0, 0.1) is 0 Å². The van der Waals surface area contributed by atoms with Gasteiger partial charge in [-0.2, -0.15) is 0 Å². The molecule has 0 bridgehead atoms. The van der Waals surface area contributed by atoms with E-state index in [9.17, 15) is 0 Å². The van der Waals surface area contributed by atoms with Crippen LogP contribution in [0.4, 0.5) is 51.2 Å². The summed E-state index contributed by atoms with van der Waals surface area (Å²) in [6.07, 6.45) is 0. The van der Waals surface area contributed by atoms with Crippen LogP contribution in [0.1, 0.15) is 49.9 Å². The number of nitrogens with zero attached hydrogens (tertiary/aromatic N) is 3. The Labute approximate surface area is 430 Å². The van der Waals surface area contributed by atoms with E-state index in [0.717, 1.165) is 22.7 Å². The Morgan fingerprint density at radius 2 is 0.849 bits per heavy atom. The van der Waals surface area contributed by atoms with Gasteiger partial charge in [-0.3, -0.25) is 0 Å². The van der Waals surface area contributed by atoms with Gasteiger partial charge in [0.2, 0.25) is 0 Å². The minimum absolute atomic E-state index is 0.0730. The molecule has 0 spiro atoms. The summed E-state index contributed by atoms with van der Waals surface area (Å²) in [5.41, 5.74) is 27.8. The largest absolute Gasteiger partial charge is 0.311 e. The van der Waals surface area contributed by atoms with Crippen molar-refractivity contribution in [3.8, 4) is 33.4 Å². The molecule has 0 saturated carbocycles. The van der Waals surface area contributed by atoms with Gasteiger partial charge in [-0.05, 0) is 120 Å². The van der Waals surface area contributed by atoms with Crippen molar-refractivity contribution in [1.29, 1.82) is 0 Å². The van der Waals surface area contributed by atoms with E-state index >= 15 is 0 Å². The number of hydrogen-bond donors (Lipinski definition) is 0. The number of benzene rings is 10. The maximum Gasteiger partial charge on any atom is 0.252 e. The molecule has 3 nitrogen and oxygen atoms in total. The molecule has 0 aromatic heterocycles. The zero-order valence-corrected chi connectivity index (χ0v) is 43.2. The Bertz CT molecular complexity index is 3790. The SMILES string of the molecule is CC1(C)c2ccccc2-c2c1ccc1c2N(c2ccccc2)c2cc(N(c3ccccc3)c3cccc4c3-c3ccccc3[Si]4(C)C)cc3c2B1c1ccc2c(c1N3c1ccccc1)-c1ccccc1C2(C)C. The molecule has 3 heterocycles. The molecule has 10 aromatic carbocycles. The number of para-hydroxylation sites is 3. The van der Waals surface area contributed by atoms with Crippen molar-refractivity contribution in [1.82, 2.24) is 0 Å². The summed E-state index contributed by atoms with van der Waals surface area (Å²) in [6.45, 7) is 14.6. The number of fused-ring (bicyclic) bond motifs is 15. The predicted octanol–water partition coefficient (Wildman–Crippen LogP) is 14.7. The lowest BCUT2D eigenvalue weighted by molar-refractivity contribution is 0.660. The van der Waals surface area contributed by atoms with Crippen molar-refractivity contribution in [3.05, 3.63) is 241 Å². The van der Waals surface area contributed by atoms with Crippen LogP contribution in [0.25, 0.3) is 33.4 Å². The molecule has 0 N–H and O–H groups in total. The third kappa shape index (κ3) is 5.61. The van der Waals surface area contributed by atoms with Crippen LogP contribution in [-0.4, -0.2) is 14.8 Å². The zero-order chi connectivity index (χ0) is 49.1. The first kappa shape index (κ1) is 42.6. The highest BCUT2D eigenvalue weighted by Crippen LogP contribution is 2.59. The number of anilines is 9. The van der Waals surface area contributed by atoms with E-state index in [0.29, 0.717) is 0 Å². The Kier molecular flexibility index (Phi) is 8.73. The van der Waals surface area contributed by atoms with E-state index in [2.05, 4.69) is 274 Å². The van der Waals surface area contributed by atoms with E-state index in [1.807, 2.05) is 0 Å². The summed E-state index contributed by atoms with van der Waals surface area (Å²) in [5.74, 6) is 0. The highest BCUT2D eigenvalue weighted by atomic mass is 28.3. The van der Waals surface area contributed by atoms with Crippen molar-refractivity contribution in [2.24, 2.45) is 0 Å². The second kappa shape index (κ2) is 15.0. The first-order valence-electron chi connectivity index (χ1n) is 26.1. The van der Waals surface area contributed by atoms with Crippen LogP contribution in [0.15, 0.2) is 218 Å². The standard InChI is InChI=1S/C68H54BN3Si/c1-67(2)50-32-19-16-29-47(50)61-52(67)37-39-54-65(61)71(44-25-12-8-13-26-44)57-41-46(70(43-23-10-7-11-24-43)56-34-22-36-60-63(56)49-31-18-21-35-59(49)73(60,5)6)42-58-64(57)69(54)55-40-38-53-62(48-30-17-20-33-51(48)68(53,3)4)66(55)72(58)45-27-14-9-15-28-45/h7-42H,1-6H3. The molecule has 0 saturated heterocycles. The Morgan fingerprint density at radius 1 is 0.397 bits per heavy atom. The fourth-order valence-electron chi connectivity index (χ4n) is 14.3. The molecule has 73 heavy (non-hydrogen) atoms. The molecule has 15 rings (SSSR count). The molecule has 0 fully saturated rings. The maximum atomic E-state index is 2.65. The van der Waals surface area contributed by atoms with Crippen molar-refractivity contribution < 1.29 is 0 Å². The first-order valence-corrected chi connectivity index (χ1v) is 29.1. The minimum Gasteiger partial charge on any atom is -0.311 e. The van der Waals surface area contributed by atoms with E-state index in [4.69, 9.17) is 0 Å². The first-order chi connectivity index (χ1) is 35.5. The van der Waals surface area contributed by atoms with Gasteiger partial charge < -0.3 is 14.7 Å². The summed E-state index contributed by atoms with van der Waals surface area (Å²) in [7, 11) is -2.04. The second-order valence-electron chi connectivity index (χ2n) is 22.4. The fraction of sp³-hybridized carbons (Fsp3) is 0.118. The molecule has 0 atom stereocenters. The molecule has 10 aromatic rings. The average molecular weight is 952 g/mol. The van der Waals surface area contributed by atoms with Gasteiger partial charge in [0, 0.05) is 67.3 Å². The summed E-state index contributed by atoms with van der Waals surface area (Å²) in [5, 5.41) is 2.99. The highest BCUT2D eigenvalue weighted by molar-refractivity contribution is 7.04. The molecule has 2 aliphatic carbocycles. The quantitative estimate of drug-likeness (QED) is 0.159. The predicted molar refractivity (Wildman–Crippen MR) is 312 cm³/mol. The van der Waals surface area contributed by atoms with Gasteiger partial charge in [0.25, 0.3) is 6.71 Å². The summed E-state index contributed by atoms with van der Waals surface area (Å²) in [4.78, 5) is 7.88. The molecule has 0 radical (unpaired) electrons. The Morgan fingerprint density at radius 3 is 1.38 bits per heavy atom. The monoisotopic (exact) mass is 951 g/mol. The summed E-state index contributed by atoms with van der Waals surface area (Å²) >= 11 is 0. The van der Waals surface area contributed by atoms with E-state index in [1.165, 1.54) is 111 Å². The van der Waals surface area contributed by atoms with E-state index in [-0.39, 0.29) is 17.5 Å². The van der Waals surface area contributed by atoms with E-state index in [1.54, 1.807) is 0 Å². The Hall–Kier alpha value is -8.12. The summed E-state index contributed by atoms with van der Waals surface area (Å²) < 4.78 is 0.